The van der Waals surface area contributed by atoms with E-state index in [0.29, 0.717) is 28.7 Å². The molecule has 0 fully saturated rings. The van der Waals surface area contributed by atoms with E-state index in [-0.39, 0.29) is 0 Å². The minimum Gasteiger partial charge on any atom is -0.495 e. The van der Waals surface area contributed by atoms with Crippen molar-refractivity contribution in [3.63, 3.8) is 0 Å². The van der Waals surface area contributed by atoms with Gasteiger partial charge in [0.25, 0.3) is 0 Å². The van der Waals surface area contributed by atoms with Gasteiger partial charge < -0.3 is 10.1 Å². The maximum atomic E-state index is 9.33. The number of halogens is 1. The molecule has 0 aliphatic carbocycles. The summed E-state index contributed by atoms with van der Waals surface area (Å²) in [4.78, 5) is 0. The van der Waals surface area contributed by atoms with Crippen LogP contribution in [0.4, 0.5) is 5.82 Å². The average molecular weight is 401 g/mol. The Labute approximate surface area is 173 Å². The Morgan fingerprint density at radius 3 is 2.55 bits per heavy atom. The van der Waals surface area contributed by atoms with Crippen molar-refractivity contribution < 1.29 is 4.74 Å². The maximum absolute atomic E-state index is 9.33. The largest absolute Gasteiger partial charge is 0.495 e. The number of rotatable bonds is 5. The van der Waals surface area contributed by atoms with E-state index in [1.807, 2.05) is 60.7 Å². The van der Waals surface area contributed by atoms with E-state index >= 15 is 0 Å². The number of hydrogen-bond acceptors (Lipinski definition) is 5. The monoisotopic (exact) mass is 400 g/mol. The minimum absolute atomic E-state index is 0.509. The van der Waals surface area contributed by atoms with Crippen LogP contribution in [-0.2, 0) is 6.54 Å². The topological polar surface area (TPSA) is 70.8 Å². The summed E-state index contributed by atoms with van der Waals surface area (Å²) in [6, 6.07) is 23.2. The first-order valence-corrected chi connectivity index (χ1v) is 9.39. The van der Waals surface area contributed by atoms with E-state index in [0.717, 1.165) is 27.6 Å². The van der Waals surface area contributed by atoms with Crippen molar-refractivity contribution in [1.82, 2.24) is 10.2 Å². The van der Waals surface area contributed by atoms with Crippen LogP contribution in [0.25, 0.3) is 22.0 Å². The van der Waals surface area contributed by atoms with Gasteiger partial charge in [0, 0.05) is 22.9 Å². The number of benzene rings is 3. The fraction of sp³-hybridized carbons (Fsp3) is 0.0870. The molecular weight excluding hydrogens is 384 g/mol. The van der Waals surface area contributed by atoms with Crippen LogP contribution in [-0.4, -0.2) is 17.3 Å². The smallest absolute Gasteiger partial charge is 0.156 e. The lowest BCUT2D eigenvalue weighted by Gasteiger charge is -2.12. The molecule has 0 amide bonds. The van der Waals surface area contributed by atoms with Gasteiger partial charge in [-0.2, -0.15) is 5.26 Å². The van der Waals surface area contributed by atoms with Gasteiger partial charge in [-0.05, 0) is 29.8 Å². The molecule has 0 atom stereocenters. The molecule has 0 aliphatic rings. The second-order valence-electron chi connectivity index (χ2n) is 6.46. The van der Waals surface area contributed by atoms with Gasteiger partial charge in [0.15, 0.2) is 5.82 Å². The molecule has 1 aromatic heterocycles. The number of anilines is 1. The van der Waals surface area contributed by atoms with Gasteiger partial charge in [-0.3, -0.25) is 0 Å². The van der Waals surface area contributed by atoms with Crippen molar-refractivity contribution in [2.75, 3.05) is 12.4 Å². The molecule has 3 aromatic carbocycles. The summed E-state index contributed by atoms with van der Waals surface area (Å²) in [5, 5.41) is 23.8. The van der Waals surface area contributed by atoms with Gasteiger partial charge in [-0.15, -0.1) is 10.2 Å². The molecule has 0 bridgehead atoms. The average Bonchev–Trinajstić information content (AvgIpc) is 2.77. The van der Waals surface area contributed by atoms with Gasteiger partial charge in [-0.1, -0.05) is 54.1 Å². The van der Waals surface area contributed by atoms with E-state index in [4.69, 9.17) is 16.3 Å². The van der Waals surface area contributed by atoms with Crippen LogP contribution in [0.3, 0.4) is 0 Å². The molecule has 142 valence electrons. The molecule has 5 nitrogen and oxygen atoms in total. The molecular formula is C23H17ClN4O. The van der Waals surface area contributed by atoms with E-state index in [1.165, 1.54) is 0 Å². The zero-order chi connectivity index (χ0) is 20.2. The number of hydrogen-bond donors (Lipinski definition) is 1. The highest BCUT2D eigenvalue weighted by Gasteiger charge is 2.12. The predicted molar refractivity (Wildman–Crippen MR) is 115 cm³/mol. The van der Waals surface area contributed by atoms with E-state index in [1.54, 1.807) is 13.2 Å². The number of methoxy groups -OCH3 is 1. The number of nitrogens with zero attached hydrogens (tertiary/aromatic N) is 3. The third-order valence-corrected chi connectivity index (χ3v) is 4.93. The highest BCUT2D eigenvalue weighted by Crippen LogP contribution is 2.31. The summed E-state index contributed by atoms with van der Waals surface area (Å²) < 4.78 is 5.20. The molecule has 0 saturated carbocycles. The summed E-state index contributed by atoms with van der Waals surface area (Å²) in [7, 11) is 1.59. The standard InChI is InChI=1S/C23H17ClN4O/c1-29-21-10-8-16(12-20(21)24)14-26-23-19-11-15(13-25)7-9-18(19)22(27-28-23)17-5-3-2-4-6-17/h2-12H,14H2,1H3,(H,26,28). The summed E-state index contributed by atoms with van der Waals surface area (Å²) in [5.41, 5.74) is 3.31. The van der Waals surface area contributed by atoms with Crippen molar-refractivity contribution in [3.05, 3.63) is 82.9 Å². The van der Waals surface area contributed by atoms with Gasteiger partial charge in [0.2, 0.25) is 0 Å². The number of ether oxygens (including phenoxy) is 1. The van der Waals surface area contributed by atoms with Crippen molar-refractivity contribution in [3.8, 4) is 23.1 Å². The number of nitrogens with one attached hydrogen (secondary N) is 1. The normalized spacial score (nSPS) is 10.5. The van der Waals surface area contributed by atoms with Gasteiger partial charge in [0.1, 0.15) is 11.4 Å². The van der Waals surface area contributed by atoms with E-state index < -0.39 is 0 Å². The van der Waals surface area contributed by atoms with Crippen LogP contribution in [0.15, 0.2) is 66.7 Å². The Kier molecular flexibility index (Phi) is 5.28. The number of fused-ring (bicyclic) bond motifs is 1. The fourth-order valence-corrected chi connectivity index (χ4v) is 3.45. The molecule has 0 unspecified atom stereocenters. The maximum Gasteiger partial charge on any atom is 0.156 e. The van der Waals surface area contributed by atoms with Gasteiger partial charge >= 0.3 is 0 Å². The highest BCUT2D eigenvalue weighted by molar-refractivity contribution is 6.32. The lowest BCUT2D eigenvalue weighted by molar-refractivity contribution is 0.415. The highest BCUT2D eigenvalue weighted by atomic mass is 35.5. The first-order valence-electron chi connectivity index (χ1n) is 9.02. The zero-order valence-corrected chi connectivity index (χ0v) is 16.4. The summed E-state index contributed by atoms with van der Waals surface area (Å²) in [6.45, 7) is 0.509. The lowest BCUT2D eigenvalue weighted by Crippen LogP contribution is -2.04. The molecule has 0 spiro atoms. The number of nitriles is 1. The molecule has 6 heteroatoms. The Balaban J connectivity index is 1.73. The molecule has 1 N–H and O–H groups in total. The Morgan fingerprint density at radius 1 is 1.00 bits per heavy atom. The van der Waals surface area contributed by atoms with Crippen LogP contribution in [0, 0.1) is 11.3 Å². The Hall–Kier alpha value is -3.62. The minimum atomic E-state index is 0.509. The molecule has 0 radical (unpaired) electrons. The molecule has 4 rings (SSSR count). The van der Waals surface area contributed by atoms with Gasteiger partial charge in [0.05, 0.1) is 23.8 Å². The summed E-state index contributed by atoms with van der Waals surface area (Å²) in [5.74, 6) is 1.25. The van der Waals surface area contributed by atoms with Crippen molar-refractivity contribution in [2.45, 2.75) is 6.54 Å². The van der Waals surface area contributed by atoms with Gasteiger partial charge in [-0.25, -0.2) is 0 Å². The second-order valence-corrected chi connectivity index (χ2v) is 6.87. The third-order valence-electron chi connectivity index (χ3n) is 4.63. The molecule has 0 saturated heterocycles. The van der Waals surface area contributed by atoms with Crippen molar-refractivity contribution in [2.24, 2.45) is 0 Å². The van der Waals surface area contributed by atoms with E-state index in [9.17, 15) is 5.26 Å². The van der Waals surface area contributed by atoms with Crippen LogP contribution in [0.1, 0.15) is 11.1 Å². The Bertz CT molecular complexity index is 1220. The van der Waals surface area contributed by atoms with Crippen molar-refractivity contribution in [1.29, 1.82) is 5.26 Å². The van der Waals surface area contributed by atoms with Crippen LogP contribution in [0.5, 0.6) is 5.75 Å². The zero-order valence-electron chi connectivity index (χ0n) is 15.7. The van der Waals surface area contributed by atoms with Crippen LogP contribution in [0.2, 0.25) is 5.02 Å². The Morgan fingerprint density at radius 2 is 1.83 bits per heavy atom. The predicted octanol–water partition coefficient (Wildman–Crippen LogP) is 5.44. The summed E-state index contributed by atoms with van der Waals surface area (Å²) >= 11 is 6.22. The molecule has 29 heavy (non-hydrogen) atoms. The van der Waals surface area contributed by atoms with E-state index in [2.05, 4.69) is 21.6 Å². The third kappa shape index (κ3) is 3.84. The first-order chi connectivity index (χ1) is 14.2. The number of aromatic nitrogens is 2. The molecule has 4 aromatic rings. The molecule has 0 aliphatic heterocycles. The fourth-order valence-electron chi connectivity index (χ4n) is 3.17. The first kappa shape index (κ1) is 18.7. The lowest BCUT2D eigenvalue weighted by atomic mass is 10.0. The quantitative estimate of drug-likeness (QED) is 0.482. The van der Waals surface area contributed by atoms with Crippen LogP contribution >= 0.6 is 11.6 Å². The summed E-state index contributed by atoms with van der Waals surface area (Å²) in [6.07, 6.45) is 0. The van der Waals surface area contributed by atoms with Crippen molar-refractivity contribution >= 4 is 28.2 Å². The second kappa shape index (κ2) is 8.17. The molecule has 1 heterocycles. The van der Waals surface area contributed by atoms with Crippen LogP contribution < -0.4 is 10.1 Å². The SMILES string of the molecule is COc1ccc(CNc2nnc(-c3ccccc3)c3ccc(C#N)cc23)cc1Cl.